The van der Waals surface area contributed by atoms with Gasteiger partial charge in [0, 0.05) is 13.5 Å². The summed E-state index contributed by atoms with van der Waals surface area (Å²) >= 11 is 0. The molecule has 0 aromatic carbocycles. The molecule has 4 heteroatoms. The van der Waals surface area contributed by atoms with Crippen molar-refractivity contribution < 1.29 is 19.3 Å². The number of rotatable bonds is 9. The van der Waals surface area contributed by atoms with Gasteiger partial charge in [0.05, 0.1) is 19.3 Å². The van der Waals surface area contributed by atoms with Gasteiger partial charge in [-0.1, -0.05) is 27.7 Å². The summed E-state index contributed by atoms with van der Waals surface area (Å²) in [6, 6.07) is 0. The minimum Gasteiger partial charge on any atom is -0.381 e. The summed E-state index contributed by atoms with van der Waals surface area (Å²) in [5.41, 5.74) is 0.473. The molecule has 0 unspecified atom stereocenters. The summed E-state index contributed by atoms with van der Waals surface area (Å²) in [7, 11) is 1.81. The topological polar surface area (TPSA) is 44.8 Å². The van der Waals surface area contributed by atoms with Gasteiger partial charge >= 0.3 is 0 Å². The van der Waals surface area contributed by atoms with E-state index in [1.165, 1.54) is 0 Å². The Bertz CT molecular complexity index is 331. The van der Waals surface area contributed by atoms with E-state index in [1.54, 1.807) is 6.92 Å². The molecular weight excluding hydrogens is 280 g/mol. The highest BCUT2D eigenvalue weighted by Gasteiger charge is 2.47. The molecule has 0 saturated heterocycles. The van der Waals surface area contributed by atoms with Gasteiger partial charge in [-0.2, -0.15) is 0 Å². The molecule has 0 radical (unpaired) electrons. The second-order valence-corrected chi connectivity index (χ2v) is 8.03. The maximum atomic E-state index is 10.8. The van der Waals surface area contributed by atoms with Crippen molar-refractivity contribution >= 4 is 5.78 Å². The van der Waals surface area contributed by atoms with Crippen molar-refractivity contribution in [2.75, 3.05) is 20.3 Å². The van der Waals surface area contributed by atoms with Crippen LogP contribution in [0.25, 0.3) is 0 Å². The summed E-state index contributed by atoms with van der Waals surface area (Å²) in [5.74, 6) is 0.772. The highest BCUT2D eigenvalue weighted by Crippen LogP contribution is 2.52. The third kappa shape index (κ3) is 5.98. The number of carbonyl (C=O) groups is 1. The second-order valence-electron chi connectivity index (χ2n) is 8.03. The van der Waals surface area contributed by atoms with Crippen LogP contribution in [0.5, 0.6) is 0 Å². The Morgan fingerprint density at radius 1 is 1.05 bits per heavy atom. The molecule has 1 saturated carbocycles. The number of hydrogen-bond acceptors (Lipinski definition) is 4. The van der Waals surface area contributed by atoms with Gasteiger partial charge in [-0.15, -0.1) is 0 Å². The average molecular weight is 314 g/mol. The van der Waals surface area contributed by atoms with E-state index in [0.29, 0.717) is 31.7 Å². The summed E-state index contributed by atoms with van der Waals surface area (Å²) in [6.45, 7) is 12.0. The Hall–Kier alpha value is -0.450. The predicted molar refractivity (Wildman–Crippen MR) is 87.5 cm³/mol. The fourth-order valence-corrected chi connectivity index (χ4v) is 4.20. The first-order chi connectivity index (χ1) is 10.2. The lowest BCUT2D eigenvalue weighted by molar-refractivity contribution is -0.299. The zero-order valence-electron chi connectivity index (χ0n) is 15.2. The molecular formula is C18H34O4. The molecule has 0 aromatic rings. The fourth-order valence-electron chi connectivity index (χ4n) is 4.20. The van der Waals surface area contributed by atoms with Crippen molar-refractivity contribution in [1.82, 2.24) is 0 Å². The van der Waals surface area contributed by atoms with Crippen LogP contribution < -0.4 is 0 Å². The molecule has 4 nitrogen and oxygen atoms in total. The lowest BCUT2D eigenvalue weighted by Crippen LogP contribution is -2.46. The van der Waals surface area contributed by atoms with Crippen LogP contribution in [0, 0.1) is 16.7 Å². The van der Waals surface area contributed by atoms with Crippen LogP contribution in [0.3, 0.4) is 0 Å². The third-order valence-electron chi connectivity index (χ3n) is 5.06. The molecule has 0 amide bonds. The van der Waals surface area contributed by atoms with Crippen LogP contribution in [0.1, 0.15) is 66.7 Å². The molecule has 0 spiro atoms. The summed E-state index contributed by atoms with van der Waals surface area (Å²) in [4.78, 5) is 21.3. The van der Waals surface area contributed by atoms with Gasteiger partial charge in [-0.25, -0.2) is 9.78 Å². The number of hydrogen-bond donors (Lipinski definition) is 0. The van der Waals surface area contributed by atoms with Gasteiger partial charge in [0.15, 0.2) is 0 Å². The molecule has 1 aliphatic carbocycles. The summed E-state index contributed by atoms with van der Waals surface area (Å²) in [6.07, 6.45) is 4.82. The quantitative estimate of drug-likeness (QED) is 0.364. The summed E-state index contributed by atoms with van der Waals surface area (Å²) in [5, 5.41) is 0. The number of ether oxygens (including phenoxy) is 1. The zero-order valence-corrected chi connectivity index (χ0v) is 15.2. The Morgan fingerprint density at radius 3 is 2.09 bits per heavy atom. The molecule has 0 heterocycles. The molecule has 1 aliphatic rings. The van der Waals surface area contributed by atoms with Gasteiger partial charge in [0.25, 0.3) is 0 Å². The largest absolute Gasteiger partial charge is 0.381 e. The van der Waals surface area contributed by atoms with E-state index in [9.17, 15) is 4.79 Å². The van der Waals surface area contributed by atoms with E-state index in [2.05, 4.69) is 27.7 Å². The van der Waals surface area contributed by atoms with E-state index < -0.39 is 0 Å². The van der Waals surface area contributed by atoms with Crippen molar-refractivity contribution in [3.05, 3.63) is 0 Å². The minimum atomic E-state index is 0.196. The fraction of sp³-hybridized carbons (Fsp3) is 0.944. The molecule has 1 rings (SSSR count). The predicted octanol–water partition coefficient (Wildman–Crippen LogP) is 4.17. The monoisotopic (exact) mass is 314 g/mol. The van der Waals surface area contributed by atoms with Crippen molar-refractivity contribution in [3.8, 4) is 0 Å². The van der Waals surface area contributed by atoms with Crippen LogP contribution >= 0.6 is 0 Å². The van der Waals surface area contributed by atoms with E-state index in [4.69, 9.17) is 14.5 Å². The lowest BCUT2D eigenvalue weighted by Gasteiger charge is -2.52. The molecule has 1 fully saturated rings. The molecule has 22 heavy (non-hydrogen) atoms. The second kappa shape index (κ2) is 8.42. The van der Waals surface area contributed by atoms with Crippen LogP contribution in [-0.2, 0) is 19.3 Å². The molecule has 0 aromatic heterocycles. The Morgan fingerprint density at radius 2 is 1.59 bits per heavy atom. The van der Waals surface area contributed by atoms with E-state index in [1.807, 2.05) is 7.11 Å². The standard InChI is InChI=1S/C18H34O4/c1-14(19)8-7-10-21-22-11-9-16-17(2,3)12-15(20-6)13-18(16,4)5/h15-16H,7-13H2,1-6H3. The van der Waals surface area contributed by atoms with Gasteiger partial charge in [-0.3, -0.25) is 0 Å². The number of ketones is 1. The van der Waals surface area contributed by atoms with Crippen LogP contribution in [0.2, 0.25) is 0 Å². The summed E-state index contributed by atoms with van der Waals surface area (Å²) < 4.78 is 5.62. The highest BCUT2D eigenvalue weighted by atomic mass is 17.2. The third-order valence-corrected chi connectivity index (χ3v) is 5.06. The van der Waals surface area contributed by atoms with E-state index in [0.717, 1.165) is 25.7 Å². The minimum absolute atomic E-state index is 0.196. The molecule has 0 atom stereocenters. The Balaban J connectivity index is 2.35. The molecule has 0 bridgehead atoms. The molecule has 130 valence electrons. The van der Waals surface area contributed by atoms with E-state index in [-0.39, 0.29) is 16.6 Å². The first kappa shape index (κ1) is 19.6. The number of carbonyl (C=O) groups excluding carboxylic acids is 1. The average Bonchev–Trinajstić information content (AvgIpc) is 2.38. The van der Waals surface area contributed by atoms with Gasteiger partial charge in [0.1, 0.15) is 5.78 Å². The SMILES string of the molecule is COC1CC(C)(C)C(CCOOCCCC(C)=O)C(C)(C)C1. The maximum absolute atomic E-state index is 10.8. The zero-order chi connectivity index (χ0) is 16.8. The van der Waals surface area contributed by atoms with E-state index >= 15 is 0 Å². The van der Waals surface area contributed by atoms with Crippen molar-refractivity contribution in [1.29, 1.82) is 0 Å². The van der Waals surface area contributed by atoms with Crippen LogP contribution in [0.15, 0.2) is 0 Å². The Labute approximate surface area is 135 Å². The molecule has 0 N–H and O–H groups in total. The first-order valence-electron chi connectivity index (χ1n) is 8.45. The maximum Gasteiger partial charge on any atom is 0.129 e. The molecule has 0 aliphatic heterocycles. The van der Waals surface area contributed by atoms with Gasteiger partial charge in [0.2, 0.25) is 0 Å². The van der Waals surface area contributed by atoms with Crippen molar-refractivity contribution in [2.24, 2.45) is 16.7 Å². The normalized spacial score (nSPS) is 26.8. The van der Waals surface area contributed by atoms with Crippen LogP contribution in [0.4, 0.5) is 0 Å². The van der Waals surface area contributed by atoms with Gasteiger partial charge in [-0.05, 0) is 49.4 Å². The number of Topliss-reactive ketones (excluding diaryl/α,β-unsaturated/α-hetero) is 1. The number of methoxy groups -OCH3 is 1. The smallest absolute Gasteiger partial charge is 0.129 e. The first-order valence-corrected chi connectivity index (χ1v) is 8.45. The van der Waals surface area contributed by atoms with Gasteiger partial charge < -0.3 is 9.53 Å². The van der Waals surface area contributed by atoms with Crippen LogP contribution in [-0.4, -0.2) is 32.2 Å². The van der Waals surface area contributed by atoms with Crippen molar-refractivity contribution in [2.45, 2.75) is 72.8 Å². The Kier molecular flexibility index (Phi) is 7.50. The lowest BCUT2D eigenvalue weighted by atomic mass is 9.55. The van der Waals surface area contributed by atoms with Crippen molar-refractivity contribution in [3.63, 3.8) is 0 Å². The highest BCUT2D eigenvalue weighted by molar-refractivity contribution is 5.75.